The average Bonchev–Trinajstić information content (AvgIpc) is 2.07. The summed E-state index contributed by atoms with van der Waals surface area (Å²) >= 11 is 1.83. The van der Waals surface area contributed by atoms with Crippen molar-refractivity contribution in [2.45, 2.75) is 13.8 Å². The minimum atomic E-state index is 0.872. The number of hydrogen-bond donors (Lipinski definition) is 0. The number of allylic oxidation sites excluding steroid dienone is 1. The van der Waals surface area contributed by atoms with Crippen LogP contribution in [0.1, 0.15) is 13.8 Å². The molecule has 0 aromatic heterocycles. The summed E-state index contributed by atoms with van der Waals surface area (Å²) in [5.74, 6) is 0. The molecule has 1 fully saturated rings. The molecule has 0 N–H and O–H groups in total. The third-order valence-corrected chi connectivity index (χ3v) is 2.97. The Kier molecular flexibility index (Phi) is 3.95. The number of ether oxygens (including phenoxy) is 1. The third-order valence-electron chi connectivity index (χ3n) is 1.92. The largest absolute Gasteiger partial charge is 0.378 e. The standard InChI is InChI=1S/C9H17NOS/c1-8(2)9(12-3)10-4-6-11-7-5-10/h4-7H2,1-3H3. The number of nitrogens with zero attached hydrogens (tertiary/aromatic N) is 1. The van der Waals surface area contributed by atoms with Gasteiger partial charge in [0, 0.05) is 13.1 Å². The first-order valence-corrected chi connectivity index (χ1v) is 5.52. The lowest BCUT2D eigenvalue weighted by atomic mass is 10.3. The van der Waals surface area contributed by atoms with E-state index >= 15 is 0 Å². The predicted octanol–water partition coefficient (Wildman–Crippen LogP) is 1.93. The molecule has 0 aromatic rings. The SMILES string of the molecule is CSC(=C(C)C)N1CCOCC1. The summed E-state index contributed by atoms with van der Waals surface area (Å²) in [6.45, 7) is 8.17. The Morgan fingerprint density at radius 1 is 1.25 bits per heavy atom. The highest BCUT2D eigenvalue weighted by atomic mass is 32.2. The van der Waals surface area contributed by atoms with E-state index in [1.165, 1.54) is 10.6 Å². The molecule has 1 rings (SSSR count). The Labute approximate surface area is 79.0 Å². The van der Waals surface area contributed by atoms with Crippen LogP contribution in [0, 0.1) is 0 Å². The van der Waals surface area contributed by atoms with Crippen molar-refractivity contribution in [3.63, 3.8) is 0 Å². The summed E-state index contributed by atoms with van der Waals surface area (Å²) in [5.41, 5.74) is 1.41. The molecule has 1 heterocycles. The van der Waals surface area contributed by atoms with Crippen LogP contribution >= 0.6 is 11.8 Å². The topological polar surface area (TPSA) is 12.5 Å². The summed E-state index contributed by atoms with van der Waals surface area (Å²) in [5, 5.41) is 1.42. The highest BCUT2D eigenvalue weighted by Gasteiger charge is 2.13. The van der Waals surface area contributed by atoms with E-state index in [1.807, 2.05) is 11.8 Å². The maximum absolute atomic E-state index is 5.30. The fourth-order valence-electron chi connectivity index (χ4n) is 1.42. The monoisotopic (exact) mass is 187 g/mol. The molecular weight excluding hydrogens is 170 g/mol. The number of thioether (sulfide) groups is 1. The number of morpholine rings is 1. The van der Waals surface area contributed by atoms with E-state index in [2.05, 4.69) is 25.0 Å². The van der Waals surface area contributed by atoms with Gasteiger partial charge in [-0.1, -0.05) is 0 Å². The van der Waals surface area contributed by atoms with E-state index in [4.69, 9.17) is 4.74 Å². The van der Waals surface area contributed by atoms with Crippen molar-refractivity contribution in [3.05, 3.63) is 10.6 Å². The number of rotatable bonds is 2. The first-order chi connectivity index (χ1) is 5.75. The maximum atomic E-state index is 5.30. The van der Waals surface area contributed by atoms with Gasteiger partial charge >= 0.3 is 0 Å². The van der Waals surface area contributed by atoms with Gasteiger partial charge in [-0.15, -0.1) is 11.8 Å². The van der Waals surface area contributed by atoms with Crippen LogP contribution in [0.25, 0.3) is 0 Å². The minimum Gasteiger partial charge on any atom is -0.378 e. The van der Waals surface area contributed by atoms with Crippen LogP contribution in [-0.4, -0.2) is 37.5 Å². The first-order valence-electron chi connectivity index (χ1n) is 4.30. The summed E-state index contributed by atoms with van der Waals surface area (Å²) < 4.78 is 5.30. The lowest BCUT2D eigenvalue weighted by molar-refractivity contribution is 0.0573. The molecule has 3 heteroatoms. The summed E-state index contributed by atoms with van der Waals surface area (Å²) in [6.07, 6.45) is 2.14. The molecule has 0 bridgehead atoms. The molecule has 0 atom stereocenters. The molecule has 0 saturated carbocycles. The van der Waals surface area contributed by atoms with Gasteiger partial charge in [-0.05, 0) is 25.7 Å². The van der Waals surface area contributed by atoms with E-state index in [-0.39, 0.29) is 0 Å². The van der Waals surface area contributed by atoms with E-state index in [1.54, 1.807) is 0 Å². The Morgan fingerprint density at radius 2 is 1.83 bits per heavy atom. The fourth-order valence-corrected chi connectivity index (χ4v) is 2.26. The van der Waals surface area contributed by atoms with Crippen molar-refractivity contribution < 1.29 is 4.74 Å². The van der Waals surface area contributed by atoms with Crippen LogP contribution in [0.5, 0.6) is 0 Å². The number of hydrogen-bond acceptors (Lipinski definition) is 3. The van der Waals surface area contributed by atoms with Crippen molar-refractivity contribution in [3.8, 4) is 0 Å². The van der Waals surface area contributed by atoms with Crippen molar-refractivity contribution in [2.24, 2.45) is 0 Å². The van der Waals surface area contributed by atoms with E-state index in [0.29, 0.717) is 0 Å². The van der Waals surface area contributed by atoms with Gasteiger partial charge in [0.2, 0.25) is 0 Å². The third kappa shape index (κ3) is 2.42. The van der Waals surface area contributed by atoms with Gasteiger partial charge in [-0.2, -0.15) is 0 Å². The van der Waals surface area contributed by atoms with Gasteiger partial charge in [-0.3, -0.25) is 0 Å². The van der Waals surface area contributed by atoms with E-state index in [9.17, 15) is 0 Å². The molecule has 1 saturated heterocycles. The Bertz CT molecular complexity index is 169. The van der Waals surface area contributed by atoms with Gasteiger partial charge in [0.15, 0.2) is 0 Å². The van der Waals surface area contributed by atoms with Crippen LogP contribution in [0.2, 0.25) is 0 Å². The van der Waals surface area contributed by atoms with Crippen molar-refractivity contribution in [2.75, 3.05) is 32.6 Å². The van der Waals surface area contributed by atoms with Gasteiger partial charge < -0.3 is 9.64 Å². The Balaban J connectivity index is 2.59. The van der Waals surface area contributed by atoms with Crippen LogP contribution in [0.4, 0.5) is 0 Å². The Morgan fingerprint density at radius 3 is 2.25 bits per heavy atom. The summed E-state index contributed by atoms with van der Waals surface area (Å²) in [7, 11) is 0. The quantitative estimate of drug-likeness (QED) is 0.655. The predicted molar refractivity (Wildman–Crippen MR) is 54.3 cm³/mol. The van der Waals surface area contributed by atoms with Gasteiger partial charge in [0.05, 0.1) is 18.2 Å². The molecule has 0 spiro atoms. The van der Waals surface area contributed by atoms with E-state index in [0.717, 1.165) is 26.3 Å². The summed E-state index contributed by atoms with van der Waals surface area (Å²) in [4.78, 5) is 2.41. The lowest BCUT2D eigenvalue weighted by Gasteiger charge is -2.30. The second-order valence-electron chi connectivity index (χ2n) is 3.11. The molecule has 0 radical (unpaired) electrons. The van der Waals surface area contributed by atoms with Crippen molar-refractivity contribution in [1.82, 2.24) is 4.90 Å². The van der Waals surface area contributed by atoms with Crippen LogP contribution < -0.4 is 0 Å². The zero-order chi connectivity index (χ0) is 8.97. The zero-order valence-electron chi connectivity index (χ0n) is 8.09. The molecule has 0 aliphatic carbocycles. The second-order valence-corrected chi connectivity index (χ2v) is 3.90. The van der Waals surface area contributed by atoms with Gasteiger partial charge in [0.25, 0.3) is 0 Å². The van der Waals surface area contributed by atoms with Crippen molar-refractivity contribution >= 4 is 11.8 Å². The minimum absolute atomic E-state index is 0.872. The lowest BCUT2D eigenvalue weighted by Crippen LogP contribution is -2.35. The summed E-state index contributed by atoms with van der Waals surface area (Å²) in [6, 6.07) is 0. The van der Waals surface area contributed by atoms with Gasteiger partial charge in [-0.25, -0.2) is 0 Å². The van der Waals surface area contributed by atoms with Crippen LogP contribution in [0.3, 0.4) is 0 Å². The molecule has 1 aliphatic rings. The Hall–Kier alpha value is -0.150. The molecule has 0 unspecified atom stereocenters. The molecule has 0 aromatic carbocycles. The highest BCUT2D eigenvalue weighted by Crippen LogP contribution is 2.21. The molecule has 1 aliphatic heterocycles. The van der Waals surface area contributed by atoms with Crippen molar-refractivity contribution in [1.29, 1.82) is 0 Å². The smallest absolute Gasteiger partial charge is 0.0692 e. The normalized spacial score (nSPS) is 17.8. The fraction of sp³-hybridized carbons (Fsp3) is 0.778. The average molecular weight is 187 g/mol. The highest BCUT2D eigenvalue weighted by molar-refractivity contribution is 8.02. The second kappa shape index (κ2) is 4.77. The molecule has 70 valence electrons. The molecule has 0 amide bonds. The van der Waals surface area contributed by atoms with Crippen LogP contribution in [0.15, 0.2) is 10.6 Å². The molecule has 2 nitrogen and oxygen atoms in total. The zero-order valence-corrected chi connectivity index (χ0v) is 8.91. The van der Waals surface area contributed by atoms with Crippen LogP contribution in [-0.2, 0) is 4.74 Å². The van der Waals surface area contributed by atoms with Gasteiger partial charge in [0.1, 0.15) is 0 Å². The molecule has 12 heavy (non-hydrogen) atoms. The molecular formula is C9H17NOS. The maximum Gasteiger partial charge on any atom is 0.0692 e. The first kappa shape index (κ1) is 9.93. The van der Waals surface area contributed by atoms with E-state index < -0.39 is 0 Å².